The number of ether oxygens (including phenoxy) is 3. The van der Waals surface area contributed by atoms with Gasteiger partial charge in [0.15, 0.2) is 11.5 Å². The summed E-state index contributed by atoms with van der Waals surface area (Å²) in [5.74, 6) is -1.17. The van der Waals surface area contributed by atoms with Crippen molar-refractivity contribution in [1.29, 1.82) is 0 Å². The van der Waals surface area contributed by atoms with Crippen molar-refractivity contribution in [3.05, 3.63) is 34.4 Å². The summed E-state index contributed by atoms with van der Waals surface area (Å²) in [6, 6.07) is 5.07. The molecule has 2 N–H and O–H groups in total. The van der Waals surface area contributed by atoms with Gasteiger partial charge in [-0.2, -0.15) is 0 Å². The number of carbonyl (C=O) groups is 1. The Kier molecular flexibility index (Phi) is 5.93. The molecule has 9 nitrogen and oxygen atoms in total. The van der Waals surface area contributed by atoms with Gasteiger partial charge in [-0.15, -0.1) is 0 Å². The van der Waals surface area contributed by atoms with Crippen molar-refractivity contribution in [1.82, 2.24) is 4.98 Å². The second-order valence-electron chi connectivity index (χ2n) is 4.81. The molecule has 0 aliphatic carbocycles. The summed E-state index contributed by atoms with van der Waals surface area (Å²) < 4.78 is 42.9. The third kappa shape index (κ3) is 3.99. The van der Waals surface area contributed by atoms with Gasteiger partial charge in [-0.3, -0.25) is 4.72 Å². The number of carboxylic acids is 1. The molecule has 11 heteroatoms. The number of anilines is 1. The minimum Gasteiger partial charge on any atom is -0.493 e. The van der Waals surface area contributed by atoms with E-state index in [1.54, 1.807) is 0 Å². The Bertz CT molecular complexity index is 947. The van der Waals surface area contributed by atoms with Gasteiger partial charge in [0.25, 0.3) is 10.0 Å². The van der Waals surface area contributed by atoms with E-state index in [0.29, 0.717) is 5.88 Å². The topological polar surface area (TPSA) is 124 Å². The second-order valence-corrected chi connectivity index (χ2v) is 7.24. The molecule has 0 saturated carbocycles. The number of aromatic nitrogens is 1. The minimum absolute atomic E-state index is 0.0281. The Hall–Kier alpha value is -2.53. The lowest BCUT2D eigenvalue weighted by Crippen LogP contribution is -2.15. The van der Waals surface area contributed by atoms with Crippen LogP contribution in [0.2, 0.25) is 0 Å². The van der Waals surface area contributed by atoms with Gasteiger partial charge in [0.1, 0.15) is 10.2 Å². The molecule has 1 aromatic heterocycles. The largest absolute Gasteiger partial charge is 0.493 e. The minimum atomic E-state index is -4.13. The van der Waals surface area contributed by atoms with Gasteiger partial charge in [0, 0.05) is 12.1 Å². The molecule has 26 heavy (non-hydrogen) atoms. The number of sulfonamides is 1. The van der Waals surface area contributed by atoms with E-state index < -0.39 is 16.0 Å². The number of rotatable bonds is 7. The number of methoxy groups -OCH3 is 3. The highest BCUT2D eigenvalue weighted by Gasteiger charge is 2.24. The Morgan fingerprint density at radius 2 is 1.85 bits per heavy atom. The van der Waals surface area contributed by atoms with Crippen LogP contribution in [0, 0.1) is 0 Å². The first-order chi connectivity index (χ1) is 12.2. The van der Waals surface area contributed by atoms with E-state index in [1.807, 2.05) is 0 Å². The highest BCUT2D eigenvalue weighted by Crippen LogP contribution is 2.35. The lowest BCUT2D eigenvalue weighted by atomic mass is 10.2. The second kappa shape index (κ2) is 7.79. The lowest BCUT2D eigenvalue weighted by Gasteiger charge is -2.14. The SMILES string of the molecule is COc1ccc(NS(=O)(=O)c2cc(OC)c(OC)c(C(=O)O)c2)c(Br)n1. The van der Waals surface area contributed by atoms with Crippen LogP contribution >= 0.6 is 15.9 Å². The highest BCUT2D eigenvalue weighted by molar-refractivity contribution is 9.10. The van der Waals surface area contributed by atoms with Crippen molar-refractivity contribution < 1.29 is 32.5 Å². The van der Waals surface area contributed by atoms with E-state index in [9.17, 15) is 18.3 Å². The summed E-state index contributed by atoms with van der Waals surface area (Å²) in [5, 5.41) is 9.32. The first-order valence-corrected chi connectivity index (χ1v) is 9.23. The van der Waals surface area contributed by atoms with Gasteiger partial charge in [-0.1, -0.05) is 0 Å². The van der Waals surface area contributed by atoms with Crippen molar-refractivity contribution in [2.24, 2.45) is 0 Å². The molecule has 1 aromatic carbocycles. The zero-order valence-corrected chi connectivity index (χ0v) is 16.3. The quantitative estimate of drug-likeness (QED) is 0.620. The molecule has 0 bridgehead atoms. The standard InChI is InChI=1S/C15H15BrN2O7S/c1-23-11-7-8(6-9(15(19)20)13(11)25-3)26(21,22)18-10-4-5-12(24-2)17-14(10)16/h4-7,18H,1-3H3,(H,19,20). The summed E-state index contributed by atoms with van der Waals surface area (Å²) in [6.07, 6.45) is 0. The summed E-state index contributed by atoms with van der Waals surface area (Å²) >= 11 is 3.14. The average Bonchev–Trinajstić information content (AvgIpc) is 2.61. The molecule has 0 fully saturated rings. The zero-order chi connectivity index (χ0) is 19.5. The average molecular weight is 447 g/mol. The van der Waals surface area contributed by atoms with Crippen LogP contribution in [0.1, 0.15) is 10.4 Å². The van der Waals surface area contributed by atoms with Crippen LogP contribution in [0.4, 0.5) is 5.69 Å². The maximum atomic E-state index is 12.7. The third-order valence-corrected chi connectivity index (χ3v) is 5.22. The van der Waals surface area contributed by atoms with E-state index in [-0.39, 0.29) is 32.2 Å². The molecule has 0 amide bonds. The highest BCUT2D eigenvalue weighted by atomic mass is 79.9. The summed E-state index contributed by atoms with van der Waals surface area (Å²) in [7, 11) is -0.167. The van der Waals surface area contributed by atoms with Gasteiger partial charge in [0.05, 0.1) is 31.9 Å². The Morgan fingerprint density at radius 3 is 2.35 bits per heavy atom. The molecule has 1 heterocycles. The van der Waals surface area contributed by atoms with Gasteiger partial charge in [-0.25, -0.2) is 18.2 Å². The Morgan fingerprint density at radius 1 is 1.15 bits per heavy atom. The number of aromatic carboxylic acids is 1. The fourth-order valence-electron chi connectivity index (χ4n) is 2.06. The molecule has 0 atom stereocenters. The van der Waals surface area contributed by atoms with Crippen LogP contribution in [-0.4, -0.2) is 45.8 Å². The van der Waals surface area contributed by atoms with Crippen molar-refractivity contribution in [3.63, 3.8) is 0 Å². The maximum Gasteiger partial charge on any atom is 0.339 e. The van der Waals surface area contributed by atoms with E-state index in [4.69, 9.17) is 14.2 Å². The van der Waals surface area contributed by atoms with Gasteiger partial charge in [-0.05, 0) is 28.1 Å². The van der Waals surface area contributed by atoms with Crippen LogP contribution in [0.15, 0.2) is 33.8 Å². The number of benzene rings is 1. The van der Waals surface area contributed by atoms with Crippen LogP contribution in [0.5, 0.6) is 17.4 Å². The number of hydrogen-bond donors (Lipinski definition) is 2. The first kappa shape index (κ1) is 19.8. The lowest BCUT2D eigenvalue weighted by molar-refractivity contribution is 0.0692. The molecule has 0 saturated heterocycles. The number of nitrogens with one attached hydrogen (secondary N) is 1. The summed E-state index contributed by atoms with van der Waals surface area (Å²) in [4.78, 5) is 15.1. The van der Waals surface area contributed by atoms with E-state index in [0.717, 1.165) is 6.07 Å². The van der Waals surface area contributed by atoms with Crippen LogP contribution < -0.4 is 18.9 Å². The fraction of sp³-hybridized carbons (Fsp3) is 0.200. The molecular weight excluding hydrogens is 432 g/mol. The monoisotopic (exact) mass is 446 g/mol. The molecule has 0 unspecified atom stereocenters. The molecule has 2 aromatic rings. The van der Waals surface area contributed by atoms with Crippen molar-refractivity contribution in [2.45, 2.75) is 4.90 Å². The molecule has 0 spiro atoms. The van der Waals surface area contributed by atoms with Crippen molar-refractivity contribution >= 4 is 37.6 Å². The third-order valence-electron chi connectivity index (χ3n) is 3.27. The van der Waals surface area contributed by atoms with Gasteiger partial charge >= 0.3 is 5.97 Å². The molecule has 0 aliphatic heterocycles. The molecule has 2 rings (SSSR count). The number of carboxylic acid groups (broad SMARTS) is 1. The summed E-state index contributed by atoms with van der Waals surface area (Å²) in [5.41, 5.74) is -0.198. The van der Waals surface area contributed by atoms with Crippen LogP contribution in [0.25, 0.3) is 0 Å². The fourth-order valence-corrected chi connectivity index (χ4v) is 3.71. The van der Waals surface area contributed by atoms with E-state index >= 15 is 0 Å². The number of hydrogen-bond acceptors (Lipinski definition) is 7. The van der Waals surface area contributed by atoms with Crippen molar-refractivity contribution in [2.75, 3.05) is 26.1 Å². The molecule has 140 valence electrons. The van der Waals surface area contributed by atoms with E-state index in [2.05, 4.69) is 25.6 Å². The zero-order valence-electron chi connectivity index (χ0n) is 13.9. The Balaban J connectivity index is 2.52. The van der Waals surface area contributed by atoms with Gasteiger partial charge < -0.3 is 19.3 Å². The smallest absolute Gasteiger partial charge is 0.339 e. The predicted octanol–water partition coefficient (Wildman–Crippen LogP) is 2.37. The van der Waals surface area contributed by atoms with Gasteiger partial charge in [0.2, 0.25) is 5.88 Å². The predicted molar refractivity (Wildman–Crippen MR) is 95.8 cm³/mol. The van der Waals surface area contributed by atoms with Crippen LogP contribution in [0.3, 0.4) is 0 Å². The molecule has 0 radical (unpaired) electrons. The van der Waals surface area contributed by atoms with Crippen LogP contribution in [-0.2, 0) is 10.0 Å². The summed E-state index contributed by atoms with van der Waals surface area (Å²) in [6.45, 7) is 0. The number of nitrogens with zero attached hydrogens (tertiary/aromatic N) is 1. The number of halogens is 1. The normalized spacial score (nSPS) is 10.9. The number of pyridine rings is 1. The molecular formula is C15H15BrN2O7S. The Labute approximate surface area is 158 Å². The maximum absolute atomic E-state index is 12.7. The van der Waals surface area contributed by atoms with Crippen molar-refractivity contribution in [3.8, 4) is 17.4 Å². The molecule has 0 aliphatic rings. The first-order valence-electron chi connectivity index (χ1n) is 6.96. The van der Waals surface area contributed by atoms with E-state index in [1.165, 1.54) is 39.5 Å².